The Balaban J connectivity index is 1.96. The highest BCUT2D eigenvalue weighted by Gasteiger charge is 2.34. The van der Waals surface area contributed by atoms with Crippen molar-refractivity contribution < 1.29 is 18.0 Å². The van der Waals surface area contributed by atoms with Crippen LogP contribution in [0.1, 0.15) is 29.0 Å². The smallest absolute Gasteiger partial charge is 0.396 e. The van der Waals surface area contributed by atoms with E-state index in [0.29, 0.717) is 12.2 Å². The molecule has 0 aliphatic carbocycles. The van der Waals surface area contributed by atoms with Crippen molar-refractivity contribution in [1.29, 1.82) is 0 Å². The van der Waals surface area contributed by atoms with Gasteiger partial charge >= 0.3 is 6.18 Å². The number of nitrogens with two attached hydrogens (primary N) is 1. The number of halogens is 3. The van der Waals surface area contributed by atoms with Crippen molar-refractivity contribution in [3.63, 3.8) is 0 Å². The summed E-state index contributed by atoms with van der Waals surface area (Å²) in [5.41, 5.74) is 5.92. The van der Waals surface area contributed by atoms with Crippen molar-refractivity contribution in [2.24, 2.45) is 0 Å². The van der Waals surface area contributed by atoms with Gasteiger partial charge in [-0.1, -0.05) is 0 Å². The predicted octanol–water partition coefficient (Wildman–Crippen LogP) is 2.71. The third kappa shape index (κ3) is 2.20. The molecule has 116 valence electrons. The molecule has 1 aromatic heterocycles. The third-order valence-electron chi connectivity index (χ3n) is 3.64. The summed E-state index contributed by atoms with van der Waals surface area (Å²) < 4.78 is 39.3. The molecule has 0 saturated heterocycles. The molecule has 0 radical (unpaired) electrons. The molecule has 2 aromatic rings. The first-order valence-corrected chi connectivity index (χ1v) is 6.61. The van der Waals surface area contributed by atoms with Crippen LogP contribution < -0.4 is 10.6 Å². The summed E-state index contributed by atoms with van der Waals surface area (Å²) in [6.45, 7) is 2.18. The second-order valence-electron chi connectivity index (χ2n) is 5.20. The first kappa shape index (κ1) is 14.4. The lowest BCUT2D eigenvalue weighted by molar-refractivity contribution is -0.137. The summed E-state index contributed by atoms with van der Waals surface area (Å²) in [6.07, 6.45) is -3.00. The molecule has 2 heterocycles. The van der Waals surface area contributed by atoms with E-state index in [4.69, 9.17) is 5.73 Å². The summed E-state index contributed by atoms with van der Waals surface area (Å²) in [7, 11) is 0. The molecule has 5 nitrogen and oxygen atoms in total. The Morgan fingerprint density at radius 3 is 2.50 bits per heavy atom. The minimum Gasteiger partial charge on any atom is -0.396 e. The summed E-state index contributed by atoms with van der Waals surface area (Å²) in [4.78, 5) is 13.9. The number of nitrogen functional groups attached to an aromatic ring is 1. The quantitative estimate of drug-likeness (QED) is 0.881. The Hall–Kier alpha value is -2.51. The number of carbonyl (C=O) groups is 1. The standard InChI is InChI=1S/C14H13F3N4O/c1-8-7-20(13(22)12-11(18)6-19-21(8)12)10-4-2-9(3-5-10)14(15,16)17/h2-6,8H,7,18H2,1H3/t8-/m0/s1. The molecule has 1 atom stereocenters. The summed E-state index contributed by atoms with van der Waals surface area (Å²) >= 11 is 0. The Morgan fingerprint density at radius 2 is 1.91 bits per heavy atom. The van der Waals surface area contributed by atoms with Gasteiger partial charge in [-0.2, -0.15) is 18.3 Å². The Morgan fingerprint density at radius 1 is 1.27 bits per heavy atom. The second kappa shape index (κ2) is 4.75. The Bertz CT molecular complexity index is 721. The van der Waals surface area contributed by atoms with Gasteiger partial charge in [-0.15, -0.1) is 0 Å². The number of carbonyl (C=O) groups excluding carboxylic acids is 1. The van der Waals surface area contributed by atoms with Crippen LogP contribution >= 0.6 is 0 Å². The van der Waals surface area contributed by atoms with Crippen LogP contribution in [0, 0.1) is 0 Å². The maximum absolute atomic E-state index is 12.6. The van der Waals surface area contributed by atoms with Crippen LogP contribution in [0.2, 0.25) is 0 Å². The van der Waals surface area contributed by atoms with Crippen molar-refractivity contribution in [3.8, 4) is 0 Å². The first-order chi connectivity index (χ1) is 10.3. The lowest BCUT2D eigenvalue weighted by atomic mass is 10.1. The maximum Gasteiger partial charge on any atom is 0.416 e. The molecule has 1 aliphatic heterocycles. The number of rotatable bonds is 1. The van der Waals surface area contributed by atoms with Crippen LogP contribution in [-0.2, 0) is 6.18 Å². The van der Waals surface area contributed by atoms with Gasteiger partial charge in [-0.05, 0) is 31.2 Å². The largest absolute Gasteiger partial charge is 0.416 e. The van der Waals surface area contributed by atoms with Crippen molar-refractivity contribution in [2.45, 2.75) is 19.1 Å². The fraction of sp³-hybridized carbons (Fsp3) is 0.286. The number of alkyl halides is 3. The highest BCUT2D eigenvalue weighted by molar-refractivity contribution is 6.08. The van der Waals surface area contributed by atoms with Crippen LogP contribution in [0.4, 0.5) is 24.5 Å². The number of hydrogen-bond acceptors (Lipinski definition) is 3. The van der Waals surface area contributed by atoms with E-state index < -0.39 is 11.7 Å². The number of anilines is 2. The van der Waals surface area contributed by atoms with Gasteiger partial charge in [0.1, 0.15) is 5.69 Å². The number of amides is 1. The number of fused-ring (bicyclic) bond motifs is 1. The van der Waals surface area contributed by atoms with E-state index in [9.17, 15) is 18.0 Å². The summed E-state index contributed by atoms with van der Waals surface area (Å²) in [5.74, 6) is -0.368. The minimum absolute atomic E-state index is 0.118. The lowest BCUT2D eigenvalue weighted by Gasteiger charge is -2.32. The molecule has 3 rings (SSSR count). The minimum atomic E-state index is -4.40. The molecule has 22 heavy (non-hydrogen) atoms. The molecule has 0 saturated carbocycles. The molecular formula is C14H13F3N4O. The van der Waals surface area contributed by atoms with Gasteiger partial charge in [-0.3, -0.25) is 9.48 Å². The number of aromatic nitrogens is 2. The van der Waals surface area contributed by atoms with Gasteiger partial charge < -0.3 is 10.6 Å². The first-order valence-electron chi connectivity index (χ1n) is 6.61. The van der Waals surface area contributed by atoms with Gasteiger partial charge in [0.2, 0.25) is 0 Å². The van der Waals surface area contributed by atoms with E-state index >= 15 is 0 Å². The van der Waals surface area contributed by atoms with E-state index in [2.05, 4.69) is 5.10 Å². The van der Waals surface area contributed by atoms with E-state index in [1.165, 1.54) is 27.9 Å². The van der Waals surface area contributed by atoms with Gasteiger partial charge in [0.15, 0.2) is 0 Å². The molecule has 1 aliphatic rings. The van der Waals surface area contributed by atoms with Crippen molar-refractivity contribution in [1.82, 2.24) is 9.78 Å². The second-order valence-corrected chi connectivity index (χ2v) is 5.20. The average molecular weight is 310 g/mol. The molecule has 0 unspecified atom stereocenters. The van der Waals surface area contributed by atoms with Crippen molar-refractivity contribution in [3.05, 3.63) is 41.7 Å². The predicted molar refractivity (Wildman–Crippen MR) is 74.5 cm³/mol. The van der Waals surface area contributed by atoms with Crippen LogP contribution in [-0.4, -0.2) is 22.2 Å². The zero-order valence-electron chi connectivity index (χ0n) is 11.6. The van der Waals surface area contributed by atoms with Crippen LogP contribution in [0.25, 0.3) is 0 Å². The number of benzene rings is 1. The zero-order chi connectivity index (χ0) is 16.1. The van der Waals surface area contributed by atoms with Gasteiger partial charge in [0.05, 0.1) is 23.5 Å². The van der Waals surface area contributed by atoms with Crippen molar-refractivity contribution >= 4 is 17.3 Å². The molecule has 1 aromatic carbocycles. The average Bonchev–Trinajstić information content (AvgIpc) is 2.85. The monoisotopic (exact) mass is 310 g/mol. The highest BCUT2D eigenvalue weighted by atomic mass is 19.4. The van der Waals surface area contributed by atoms with Crippen LogP contribution in [0.15, 0.2) is 30.5 Å². The van der Waals surface area contributed by atoms with Crippen LogP contribution in [0.3, 0.4) is 0 Å². The SMILES string of the molecule is C[C@H]1CN(c2ccc(C(F)(F)F)cc2)C(=O)c2c(N)cnn21. The number of nitrogens with zero attached hydrogens (tertiary/aromatic N) is 3. The van der Waals surface area contributed by atoms with E-state index in [-0.39, 0.29) is 23.3 Å². The van der Waals surface area contributed by atoms with Crippen molar-refractivity contribution in [2.75, 3.05) is 17.2 Å². The van der Waals surface area contributed by atoms with Crippen LogP contribution in [0.5, 0.6) is 0 Å². The highest BCUT2D eigenvalue weighted by Crippen LogP contribution is 2.33. The molecule has 8 heteroatoms. The molecule has 0 fully saturated rings. The fourth-order valence-electron chi connectivity index (χ4n) is 2.54. The zero-order valence-corrected chi connectivity index (χ0v) is 11.6. The Kier molecular flexibility index (Phi) is 3.12. The summed E-state index contributed by atoms with van der Waals surface area (Å²) in [5, 5.41) is 4.06. The van der Waals surface area contributed by atoms with Gasteiger partial charge in [0, 0.05) is 12.2 Å². The molecule has 0 bridgehead atoms. The molecule has 1 amide bonds. The number of hydrogen-bond donors (Lipinski definition) is 1. The fourth-order valence-corrected chi connectivity index (χ4v) is 2.54. The lowest BCUT2D eigenvalue weighted by Crippen LogP contribution is -2.42. The molecular weight excluding hydrogens is 297 g/mol. The molecule has 0 spiro atoms. The molecule has 2 N–H and O–H groups in total. The topological polar surface area (TPSA) is 64.2 Å². The van der Waals surface area contributed by atoms with E-state index in [1.807, 2.05) is 6.92 Å². The van der Waals surface area contributed by atoms with Gasteiger partial charge in [-0.25, -0.2) is 0 Å². The third-order valence-corrected chi connectivity index (χ3v) is 3.64. The Labute approximate surface area is 124 Å². The van der Waals surface area contributed by atoms with E-state index in [1.54, 1.807) is 0 Å². The summed E-state index contributed by atoms with van der Waals surface area (Å²) in [6, 6.07) is 4.38. The normalized spacial score (nSPS) is 18.5. The maximum atomic E-state index is 12.6. The van der Waals surface area contributed by atoms with E-state index in [0.717, 1.165) is 12.1 Å². The van der Waals surface area contributed by atoms with Gasteiger partial charge in [0.25, 0.3) is 5.91 Å².